The number of hydrazone groups is 1. The second-order valence-corrected chi connectivity index (χ2v) is 6.61. The van der Waals surface area contributed by atoms with Crippen molar-refractivity contribution in [2.24, 2.45) is 5.10 Å². The number of non-ortho nitro benzene ring substituents is 1. The lowest BCUT2D eigenvalue weighted by Gasteiger charge is -2.06. The number of phenols is 1. The number of aromatic hydroxyl groups is 1. The number of methoxy groups -OCH3 is 1. The minimum Gasteiger partial charge on any atom is -0.504 e. The first-order valence-electron chi connectivity index (χ1n) is 9.38. The number of benzene rings is 2. The molecule has 0 aliphatic heterocycles. The van der Waals surface area contributed by atoms with Crippen molar-refractivity contribution in [1.82, 2.24) is 30.7 Å². The Kier molecular flexibility index (Phi) is 5.81. The van der Waals surface area contributed by atoms with Crippen LogP contribution in [0.1, 0.15) is 16.1 Å². The lowest BCUT2D eigenvalue weighted by molar-refractivity contribution is -0.384. The average Bonchev–Trinajstić information content (AvgIpc) is 3.46. The van der Waals surface area contributed by atoms with E-state index >= 15 is 0 Å². The van der Waals surface area contributed by atoms with Gasteiger partial charge in [-0.05, 0) is 46.2 Å². The summed E-state index contributed by atoms with van der Waals surface area (Å²) in [4.78, 5) is 23.3. The zero-order valence-corrected chi connectivity index (χ0v) is 17.3. The molecule has 15 nitrogen and oxygen atoms in total. The second kappa shape index (κ2) is 9.03. The molecule has 0 saturated carbocycles. The molecule has 0 atom stereocenters. The lowest BCUT2D eigenvalue weighted by Crippen LogP contribution is -2.19. The highest BCUT2D eigenvalue weighted by atomic mass is 16.6. The Morgan fingerprint density at radius 1 is 1.29 bits per heavy atom. The van der Waals surface area contributed by atoms with Gasteiger partial charge in [-0.15, -0.1) is 5.10 Å². The highest BCUT2D eigenvalue weighted by Gasteiger charge is 2.25. The Bertz CT molecular complexity index is 1390. The molecule has 0 aliphatic rings. The van der Waals surface area contributed by atoms with Crippen molar-refractivity contribution in [1.29, 1.82) is 0 Å². The first kappa shape index (κ1) is 21.9. The molecule has 2 aromatic heterocycles. The number of nitrogens with one attached hydrogen (secondary N) is 1. The van der Waals surface area contributed by atoms with E-state index in [9.17, 15) is 20.0 Å². The molecule has 0 saturated heterocycles. The zero-order valence-electron chi connectivity index (χ0n) is 17.3. The van der Waals surface area contributed by atoms with Gasteiger partial charge in [-0.1, -0.05) is 5.21 Å². The molecule has 4 rings (SSSR count). The van der Waals surface area contributed by atoms with E-state index < -0.39 is 10.8 Å². The first-order chi connectivity index (χ1) is 16.4. The van der Waals surface area contributed by atoms with E-state index in [1.165, 1.54) is 49.7 Å². The summed E-state index contributed by atoms with van der Waals surface area (Å²) in [6.07, 6.45) is 1.33. The molecular weight excluding hydrogens is 450 g/mol. The van der Waals surface area contributed by atoms with E-state index in [0.29, 0.717) is 11.1 Å². The largest absolute Gasteiger partial charge is 0.504 e. The Hall–Kier alpha value is -5.34. The van der Waals surface area contributed by atoms with Crippen molar-refractivity contribution >= 4 is 23.6 Å². The standard InChI is InChI=1S/C19H15N9O6/c1-33-14-8-10(2-7-13(14)29)9-21-23-19(30)15-16(11-3-5-12(6-4-11)28(31)32)27(26-22-15)18-17(20)24-34-25-18/h2-9,29H,1H3,(H2,20,24)(H,23,30). The molecule has 0 radical (unpaired) electrons. The van der Waals surface area contributed by atoms with E-state index in [1.54, 1.807) is 6.07 Å². The number of nitrogens with two attached hydrogens (primary N) is 1. The van der Waals surface area contributed by atoms with Crippen LogP contribution in [0.2, 0.25) is 0 Å². The molecule has 0 aliphatic carbocycles. The molecule has 34 heavy (non-hydrogen) atoms. The van der Waals surface area contributed by atoms with E-state index in [2.05, 4.69) is 35.8 Å². The van der Waals surface area contributed by atoms with Crippen LogP contribution in [-0.2, 0) is 0 Å². The molecule has 1 amide bonds. The molecule has 0 fully saturated rings. The predicted molar refractivity (Wildman–Crippen MR) is 115 cm³/mol. The Morgan fingerprint density at radius 3 is 2.71 bits per heavy atom. The molecule has 2 heterocycles. The third-order valence-electron chi connectivity index (χ3n) is 4.52. The van der Waals surface area contributed by atoms with Crippen LogP contribution in [0, 0.1) is 10.1 Å². The van der Waals surface area contributed by atoms with Crippen LogP contribution in [-0.4, -0.2) is 54.6 Å². The minimum absolute atomic E-state index is 0.0282. The van der Waals surface area contributed by atoms with Crippen molar-refractivity contribution in [3.63, 3.8) is 0 Å². The number of ether oxygens (including phenoxy) is 1. The van der Waals surface area contributed by atoms with Gasteiger partial charge in [-0.25, -0.2) is 10.1 Å². The average molecular weight is 465 g/mol. The molecule has 2 aromatic carbocycles. The van der Waals surface area contributed by atoms with Crippen LogP contribution in [0.25, 0.3) is 17.1 Å². The van der Waals surface area contributed by atoms with Gasteiger partial charge in [0.05, 0.1) is 18.2 Å². The Labute approximate surface area is 189 Å². The summed E-state index contributed by atoms with van der Waals surface area (Å²) in [5.74, 6) is -0.692. The topological polar surface area (TPSA) is 210 Å². The van der Waals surface area contributed by atoms with E-state index in [1.807, 2.05) is 0 Å². The molecule has 4 N–H and O–H groups in total. The lowest BCUT2D eigenvalue weighted by atomic mass is 10.1. The number of carbonyl (C=O) groups excluding carboxylic acids is 1. The number of nitrogens with zero attached hydrogens (tertiary/aromatic N) is 7. The van der Waals surface area contributed by atoms with E-state index in [0.717, 1.165) is 4.68 Å². The van der Waals surface area contributed by atoms with Crippen molar-refractivity contribution in [3.05, 3.63) is 63.8 Å². The Morgan fingerprint density at radius 2 is 2.06 bits per heavy atom. The van der Waals surface area contributed by atoms with E-state index in [-0.39, 0.29) is 40.2 Å². The normalized spacial score (nSPS) is 11.0. The number of hydrogen-bond acceptors (Lipinski definition) is 12. The van der Waals surface area contributed by atoms with Crippen molar-refractivity contribution in [3.8, 4) is 28.6 Å². The summed E-state index contributed by atoms with van der Waals surface area (Å²) in [7, 11) is 1.40. The van der Waals surface area contributed by atoms with Gasteiger partial charge in [0.2, 0.25) is 11.6 Å². The van der Waals surface area contributed by atoms with Crippen LogP contribution in [0.3, 0.4) is 0 Å². The van der Waals surface area contributed by atoms with Crippen LogP contribution >= 0.6 is 0 Å². The third kappa shape index (κ3) is 4.20. The van der Waals surface area contributed by atoms with Gasteiger partial charge in [0.1, 0.15) is 5.69 Å². The van der Waals surface area contributed by atoms with Gasteiger partial charge in [-0.3, -0.25) is 14.9 Å². The number of rotatable bonds is 7. The van der Waals surface area contributed by atoms with Gasteiger partial charge in [0, 0.05) is 17.7 Å². The third-order valence-corrected chi connectivity index (χ3v) is 4.52. The first-order valence-corrected chi connectivity index (χ1v) is 9.38. The number of amides is 1. The van der Waals surface area contributed by atoms with Crippen LogP contribution in [0.15, 0.2) is 52.2 Å². The summed E-state index contributed by atoms with van der Waals surface area (Å²) in [5.41, 5.74) is 8.77. The number of anilines is 1. The van der Waals surface area contributed by atoms with Crippen molar-refractivity contribution < 1.29 is 24.2 Å². The Balaban J connectivity index is 1.67. The summed E-state index contributed by atoms with van der Waals surface area (Å²) < 4.78 is 10.7. The maximum absolute atomic E-state index is 12.8. The minimum atomic E-state index is -0.739. The SMILES string of the molecule is COc1cc(C=NNC(=O)c2nnn(-c3nonc3N)c2-c2ccc([N+](=O)[O-])cc2)ccc1O. The fourth-order valence-electron chi connectivity index (χ4n) is 2.91. The summed E-state index contributed by atoms with van der Waals surface area (Å²) in [6, 6.07) is 9.84. The molecule has 0 spiro atoms. The number of phenolic OH excluding ortho intramolecular Hbond substituents is 1. The van der Waals surface area contributed by atoms with Gasteiger partial charge in [0.15, 0.2) is 17.2 Å². The van der Waals surface area contributed by atoms with Gasteiger partial charge < -0.3 is 15.6 Å². The number of nitrogen functional groups attached to an aromatic ring is 1. The van der Waals surface area contributed by atoms with Crippen molar-refractivity contribution in [2.75, 3.05) is 12.8 Å². The summed E-state index contributed by atoms with van der Waals surface area (Å²) in [5, 5.41) is 39.5. The summed E-state index contributed by atoms with van der Waals surface area (Å²) in [6.45, 7) is 0. The quantitative estimate of drug-likeness (QED) is 0.201. The van der Waals surface area contributed by atoms with E-state index in [4.69, 9.17) is 10.5 Å². The van der Waals surface area contributed by atoms with Crippen LogP contribution in [0.5, 0.6) is 11.5 Å². The van der Waals surface area contributed by atoms with Gasteiger partial charge in [-0.2, -0.15) is 9.78 Å². The molecule has 15 heteroatoms. The highest BCUT2D eigenvalue weighted by molar-refractivity contribution is 5.98. The predicted octanol–water partition coefficient (Wildman–Crippen LogP) is 1.29. The number of nitro benzene ring substituents is 1. The number of carbonyl (C=O) groups is 1. The molecule has 172 valence electrons. The van der Waals surface area contributed by atoms with Gasteiger partial charge >= 0.3 is 0 Å². The van der Waals surface area contributed by atoms with Crippen LogP contribution < -0.4 is 15.9 Å². The molecule has 0 unspecified atom stereocenters. The van der Waals surface area contributed by atoms with Gasteiger partial charge in [0.25, 0.3) is 11.6 Å². The highest BCUT2D eigenvalue weighted by Crippen LogP contribution is 2.28. The second-order valence-electron chi connectivity index (χ2n) is 6.61. The fraction of sp³-hybridized carbons (Fsp3) is 0.0526. The molecule has 4 aromatic rings. The number of aromatic nitrogens is 5. The summed E-state index contributed by atoms with van der Waals surface area (Å²) >= 11 is 0. The smallest absolute Gasteiger partial charge is 0.294 e. The monoisotopic (exact) mass is 465 g/mol. The molecular formula is C19H15N9O6. The van der Waals surface area contributed by atoms with Crippen molar-refractivity contribution in [2.45, 2.75) is 0 Å². The zero-order chi connectivity index (χ0) is 24.2. The maximum atomic E-state index is 12.8. The fourth-order valence-corrected chi connectivity index (χ4v) is 2.91. The maximum Gasteiger partial charge on any atom is 0.294 e. The van der Waals surface area contributed by atoms with Crippen LogP contribution in [0.4, 0.5) is 11.5 Å². The number of nitro groups is 1. The number of hydrogen-bond donors (Lipinski definition) is 3. The molecule has 0 bridgehead atoms.